The standard InChI is InChI=1S/C16H18FN3O2.2ClH/c1-11(8-18)16(21)20-10-12-2-7-15(19-9-12)22-14-5-3-13(17)4-6-14;;/h2-7,9,11H,8,10,18H2,1H3,(H,20,21);2*1H. The molecule has 0 saturated carbocycles. The fourth-order valence-electron chi connectivity index (χ4n) is 1.67. The van der Waals surface area contributed by atoms with E-state index < -0.39 is 0 Å². The van der Waals surface area contributed by atoms with Crippen molar-refractivity contribution in [2.75, 3.05) is 6.54 Å². The molecule has 8 heteroatoms. The number of ether oxygens (including phenoxy) is 1. The summed E-state index contributed by atoms with van der Waals surface area (Å²) in [6.07, 6.45) is 1.62. The Balaban J connectivity index is 0.00000264. The quantitative estimate of drug-likeness (QED) is 0.813. The highest BCUT2D eigenvalue weighted by Crippen LogP contribution is 2.19. The summed E-state index contributed by atoms with van der Waals surface area (Å²) in [5.41, 5.74) is 6.28. The van der Waals surface area contributed by atoms with Crippen molar-refractivity contribution < 1.29 is 13.9 Å². The molecule has 1 amide bonds. The van der Waals surface area contributed by atoms with Crippen molar-refractivity contribution >= 4 is 30.7 Å². The molecule has 1 unspecified atom stereocenters. The van der Waals surface area contributed by atoms with Gasteiger partial charge in [-0.15, -0.1) is 24.8 Å². The Morgan fingerprint density at radius 1 is 1.25 bits per heavy atom. The third-order valence-electron chi connectivity index (χ3n) is 3.10. The third kappa shape index (κ3) is 6.70. The van der Waals surface area contributed by atoms with Crippen LogP contribution in [0.25, 0.3) is 0 Å². The average Bonchev–Trinajstić information content (AvgIpc) is 2.55. The van der Waals surface area contributed by atoms with E-state index in [0.29, 0.717) is 24.7 Å². The number of rotatable bonds is 6. The van der Waals surface area contributed by atoms with Crippen LogP contribution in [0.3, 0.4) is 0 Å². The van der Waals surface area contributed by atoms with Crippen LogP contribution in [0, 0.1) is 11.7 Å². The van der Waals surface area contributed by atoms with Crippen LogP contribution in [0.1, 0.15) is 12.5 Å². The largest absolute Gasteiger partial charge is 0.439 e. The highest BCUT2D eigenvalue weighted by Gasteiger charge is 2.10. The number of nitrogens with zero attached hydrogens (tertiary/aromatic N) is 1. The number of pyridine rings is 1. The molecule has 0 aliphatic carbocycles. The zero-order valence-corrected chi connectivity index (χ0v) is 14.7. The highest BCUT2D eigenvalue weighted by molar-refractivity contribution is 5.85. The van der Waals surface area contributed by atoms with E-state index >= 15 is 0 Å². The molecule has 0 radical (unpaired) electrons. The molecule has 5 nitrogen and oxygen atoms in total. The number of halogens is 3. The smallest absolute Gasteiger partial charge is 0.224 e. The van der Waals surface area contributed by atoms with Crippen molar-refractivity contribution in [2.24, 2.45) is 11.7 Å². The van der Waals surface area contributed by atoms with E-state index in [9.17, 15) is 9.18 Å². The van der Waals surface area contributed by atoms with Gasteiger partial charge in [-0.25, -0.2) is 9.37 Å². The van der Waals surface area contributed by atoms with Gasteiger partial charge in [-0.2, -0.15) is 0 Å². The Hall–Kier alpha value is -1.89. The molecule has 2 aromatic rings. The van der Waals surface area contributed by atoms with Crippen LogP contribution < -0.4 is 15.8 Å². The lowest BCUT2D eigenvalue weighted by molar-refractivity contribution is -0.124. The second-order valence-electron chi connectivity index (χ2n) is 4.92. The van der Waals surface area contributed by atoms with Gasteiger partial charge in [0.1, 0.15) is 11.6 Å². The minimum atomic E-state index is -0.321. The molecule has 0 spiro atoms. The molecule has 0 saturated heterocycles. The molecule has 1 heterocycles. The van der Waals surface area contributed by atoms with E-state index in [-0.39, 0.29) is 42.5 Å². The first-order chi connectivity index (χ1) is 10.6. The molecule has 1 aromatic carbocycles. The number of carbonyl (C=O) groups is 1. The third-order valence-corrected chi connectivity index (χ3v) is 3.10. The minimum Gasteiger partial charge on any atom is -0.439 e. The van der Waals surface area contributed by atoms with Gasteiger partial charge in [0.05, 0.1) is 0 Å². The molecule has 2 rings (SSSR count). The van der Waals surface area contributed by atoms with Crippen LogP contribution in [0.5, 0.6) is 11.6 Å². The molecule has 1 atom stereocenters. The maximum absolute atomic E-state index is 12.8. The second kappa shape index (κ2) is 10.8. The fourth-order valence-corrected chi connectivity index (χ4v) is 1.67. The Morgan fingerprint density at radius 3 is 2.46 bits per heavy atom. The van der Waals surface area contributed by atoms with E-state index in [2.05, 4.69) is 10.3 Å². The molecule has 0 aliphatic heterocycles. The van der Waals surface area contributed by atoms with E-state index in [1.807, 2.05) is 0 Å². The van der Waals surface area contributed by atoms with Gasteiger partial charge in [0.15, 0.2) is 0 Å². The van der Waals surface area contributed by atoms with E-state index in [0.717, 1.165) is 5.56 Å². The van der Waals surface area contributed by atoms with Crippen LogP contribution in [-0.4, -0.2) is 17.4 Å². The number of benzene rings is 1. The highest BCUT2D eigenvalue weighted by atomic mass is 35.5. The predicted octanol–water partition coefficient (Wildman–Crippen LogP) is 3.07. The van der Waals surface area contributed by atoms with Gasteiger partial charge >= 0.3 is 0 Å². The monoisotopic (exact) mass is 375 g/mol. The first kappa shape index (κ1) is 22.1. The molecule has 0 fully saturated rings. The summed E-state index contributed by atoms with van der Waals surface area (Å²) in [5, 5.41) is 2.78. The molecule has 0 bridgehead atoms. The number of amides is 1. The summed E-state index contributed by atoms with van der Waals surface area (Å²) >= 11 is 0. The van der Waals surface area contributed by atoms with Gasteiger partial charge in [-0.05, 0) is 29.8 Å². The fraction of sp³-hybridized carbons (Fsp3) is 0.250. The van der Waals surface area contributed by atoms with Crippen LogP contribution >= 0.6 is 24.8 Å². The first-order valence-electron chi connectivity index (χ1n) is 6.94. The molecule has 0 aliphatic rings. The van der Waals surface area contributed by atoms with Gasteiger partial charge < -0.3 is 15.8 Å². The van der Waals surface area contributed by atoms with Crippen molar-refractivity contribution in [3.63, 3.8) is 0 Å². The first-order valence-corrected chi connectivity index (χ1v) is 6.94. The van der Waals surface area contributed by atoms with Crippen molar-refractivity contribution in [2.45, 2.75) is 13.5 Å². The maximum Gasteiger partial charge on any atom is 0.224 e. The van der Waals surface area contributed by atoms with Crippen molar-refractivity contribution in [3.05, 3.63) is 54.0 Å². The number of aromatic nitrogens is 1. The Labute approximate surface area is 152 Å². The normalized spacial score (nSPS) is 10.8. The molecule has 1 aromatic heterocycles. The van der Waals surface area contributed by atoms with Gasteiger partial charge in [0, 0.05) is 31.3 Å². The number of carbonyl (C=O) groups excluding carboxylic acids is 1. The summed E-state index contributed by atoms with van der Waals surface area (Å²) in [5.74, 6) is 0.282. The summed E-state index contributed by atoms with van der Waals surface area (Å²) in [4.78, 5) is 15.8. The topological polar surface area (TPSA) is 77.2 Å². The van der Waals surface area contributed by atoms with E-state index in [1.54, 1.807) is 25.3 Å². The van der Waals surface area contributed by atoms with Gasteiger partial charge in [-0.1, -0.05) is 13.0 Å². The second-order valence-corrected chi connectivity index (χ2v) is 4.92. The van der Waals surface area contributed by atoms with E-state index in [1.165, 1.54) is 24.3 Å². The van der Waals surface area contributed by atoms with Crippen LogP contribution in [-0.2, 0) is 11.3 Å². The van der Waals surface area contributed by atoms with Crippen molar-refractivity contribution in [1.82, 2.24) is 10.3 Å². The summed E-state index contributed by atoms with van der Waals surface area (Å²) in [6.45, 7) is 2.47. The number of hydrogen-bond acceptors (Lipinski definition) is 4. The molecule has 132 valence electrons. The Morgan fingerprint density at radius 2 is 1.92 bits per heavy atom. The molecule has 3 N–H and O–H groups in total. The summed E-state index contributed by atoms with van der Waals surface area (Å²) < 4.78 is 18.3. The zero-order chi connectivity index (χ0) is 15.9. The predicted molar refractivity (Wildman–Crippen MR) is 95.3 cm³/mol. The van der Waals surface area contributed by atoms with Crippen LogP contribution in [0.15, 0.2) is 42.6 Å². The van der Waals surface area contributed by atoms with Gasteiger partial charge in [0.25, 0.3) is 0 Å². The summed E-state index contributed by atoms with van der Waals surface area (Å²) in [6, 6.07) is 9.19. The van der Waals surface area contributed by atoms with E-state index in [4.69, 9.17) is 10.5 Å². The summed E-state index contributed by atoms with van der Waals surface area (Å²) in [7, 11) is 0. The lowest BCUT2D eigenvalue weighted by Gasteiger charge is -2.10. The number of hydrogen-bond donors (Lipinski definition) is 2. The SMILES string of the molecule is CC(CN)C(=O)NCc1ccc(Oc2ccc(F)cc2)nc1.Cl.Cl. The molecular formula is C16H20Cl2FN3O2. The van der Waals surface area contributed by atoms with Gasteiger partial charge in [0.2, 0.25) is 11.8 Å². The average molecular weight is 376 g/mol. The maximum atomic E-state index is 12.8. The van der Waals surface area contributed by atoms with Gasteiger partial charge in [-0.3, -0.25) is 4.79 Å². The molecular weight excluding hydrogens is 356 g/mol. The lowest BCUT2D eigenvalue weighted by atomic mass is 10.1. The zero-order valence-electron chi connectivity index (χ0n) is 13.1. The minimum absolute atomic E-state index is 0. The lowest BCUT2D eigenvalue weighted by Crippen LogP contribution is -2.32. The van der Waals surface area contributed by atoms with Crippen molar-refractivity contribution in [1.29, 1.82) is 0 Å². The number of nitrogens with one attached hydrogen (secondary N) is 1. The Kier molecular flexibility index (Phi) is 9.95. The number of nitrogens with two attached hydrogens (primary N) is 1. The van der Waals surface area contributed by atoms with Crippen molar-refractivity contribution in [3.8, 4) is 11.6 Å². The molecule has 24 heavy (non-hydrogen) atoms. The Bertz CT molecular complexity index is 624. The van der Waals surface area contributed by atoms with Crippen LogP contribution in [0.4, 0.5) is 4.39 Å². The van der Waals surface area contributed by atoms with Crippen LogP contribution in [0.2, 0.25) is 0 Å².